The van der Waals surface area contributed by atoms with Gasteiger partial charge in [0.2, 0.25) is 10.2 Å². The van der Waals surface area contributed by atoms with Crippen molar-refractivity contribution in [2.24, 2.45) is 10.9 Å². The summed E-state index contributed by atoms with van der Waals surface area (Å²) in [6, 6.07) is 4.97. The van der Waals surface area contributed by atoms with Gasteiger partial charge in [-0.2, -0.15) is 0 Å². The standard InChI is InChI=1S/C11H14N4O3S2/c12-5-1-2-10(16)14-7-3-4-8-9(6-7)19-11(15-8)20(13,17)18/h3-4,6H,1-2,5,12H2,(H,14,16)(H2,13,17,18). The highest BCUT2D eigenvalue weighted by Crippen LogP contribution is 2.27. The van der Waals surface area contributed by atoms with Gasteiger partial charge >= 0.3 is 0 Å². The third-order valence-electron chi connectivity index (χ3n) is 2.50. The van der Waals surface area contributed by atoms with Crippen molar-refractivity contribution in [3.05, 3.63) is 18.2 Å². The van der Waals surface area contributed by atoms with Gasteiger partial charge in [-0.1, -0.05) is 0 Å². The van der Waals surface area contributed by atoms with Crippen molar-refractivity contribution in [3.8, 4) is 0 Å². The van der Waals surface area contributed by atoms with Crippen molar-refractivity contribution in [2.75, 3.05) is 11.9 Å². The number of fused-ring (bicyclic) bond motifs is 1. The number of hydrogen-bond donors (Lipinski definition) is 3. The van der Waals surface area contributed by atoms with Gasteiger partial charge in [0.15, 0.2) is 0 Å². The first kappa shape index (κ1) is 14.9. The minimum Gasteiger partial charge on any atom is -0.330 e. The van der Waals surface area contributed by atoms with E-state index in [0.717, 1.165) is 11.3 Å². The maximum Gasteiger partial charge on any atom is 0.265 e. The van der Waals surface area contributed by atoms with Crippen molar-refractivity contribution < 1.29 is 13.2 Å². The molecule has 9 heteroatoms. The lowest BCUT2D eigenvalue weighted by molar-refractivity contribution is -0.116. The van der Waals surface area contributed by atoms with Gasteiger partial charge in [-0.3, -0.25) is 4.79 Å². The van der Waals surface area contributed by atoms with E-state index in [4.69, 9.17) is 10.9 Å². The number of nitrogens with zero attached hydrogens (tertiary/aromatic N) is 1. The van der Waals surface area contributed by atoms with Gasteiger partial charge in [-0.15, -0.1) is 11.3 Å². The van der Waals surface area contributed by atoms with Gasteiger partial charge in [0.05, 0.1) is 10.2 Å². The summed E-state index contributed by atoms with van der Waals surface area (Å²) in [4.78, 5) is 15.5. The van der Waals surface area contributed by atoms with Crippen LogP contribution in [0.4, 0.5) is 5.69 Å². The highest BCUT2D eigenvalue weighted by Gasteiger charge is 2.14. The highest BCUT2D eigenvalue weighted by molar-refractivity contribution is 7.91. The molecule has 2 aromatic rings. The molecule has 1 aromatic carbocycles. The summed E-state index contributed by atoms with van der Waals surface area (Å²) >= 11 is 0.968. The van der Waals surface area contributed by atoms with Crippen molar-refractivity contribution in [3.63, 3.8) is 0 Å². The molecule has 0 atom stereocenters. The Morgan fingerprint density at radius 2 is 2.15 bits per heavy atom. The number of carbonyl (C=O) groups excluding carboxylic acids is 1. The van der Waals surface area contributed by atoms with Crippen molar-refractivity contribution in [1.29, 1.82) is 0 Å². The molecule has 1 heterocycles. The smallest absolute Gasteiger partial charge is 0.265 e. The number of nitrogens with two attached hydrogens (primary N) is 2. The number of benzene rings is 1. The number of rotatable bonds is 5. The lowest BCUT2D eigenvalue weighted by Crippen LogP contribution is -2.13. The van der Waals surface area contributed by atoms with Crippen LogP contribution in [0.15, 0.2) is 22.5 Å². The number of carbonyl (C=O) groups is 1. The molecule has 7 nitrogen and oxygen atoms in total. The number of sulfonamides is 1. The molecule has 20 heavy (non-hydrogen) atoms. The van der Waals surface area contributed by atoms with E-state index >= 15 is 0 Å². The number of hydrogen-bond acceptors (Lipinski definition) is 6. The van der Waals surface area contributed by atoms with Crippen LogP contribution >= 0.6 is 11.3 Å². The van der Waals surface area contributed by atoms with Crippen LogP contribution in [-0.2, 0) is 14.8 Å². The van der Waals surface area contributed by atoms with Crippen molar-refractivity contribution >= 4 is 43.2 Å². The largest absolute Gasteiger partial charge is 0.330 e. The van der Waals surface area contributed by atoms with E-state index in [-0.39, 0.29) is 10.2 Å². The molecule has 108 valence electrons. The average Bonchev–Trinajstić information content (AvgIpc) is 2.79. The van der Waals surface area contributed by atoms with Crippen molar-refractivity contribution in [2.45, 2.75) is 17.2 Å². The zero-order valence-corrected chi connectivity index (χ0v) is 12.1. The Morgan fingerprint density at radius 3 is 2.80 bits per heavy atom. The minimum absolute atomic E-state index is 0.133. The highest BCUT2D eigenvalue weighted by atomic mass is 32.2. The topological polar surface area (TPSA) is 128 Å². The SMILES string of the molecule is NCCCC(=O)Nc1ccc2nc(S(N)(=O)=O)sc2c1. The van der Waals surface area contributed by atoms with E-state index < -0.39 is 10.0 Å². The second-order valence-electron chi connectivity index (χ2n) is 4.15. The van der Waals surface area contributed by atoms with Crippen LogP contribution in [0.3, 0.4) is 0 Å². The summed E-state index contributed by atoms with van der Waals surface area (Å²) < 4.78 is 23.0. The summed E-state index contributed by atoms with van der Waals surface area (Å²) in [5.74, 6) is -0.133. The van der Waals surface area contributed by atoms with Gasteiger partial charge in [0.25, 0.3) is 10.0 Å². The third kappa shape index (κ3) is 3.51. The summed E-state index contributed by atoms with van der Waals surface area (Å²) in [6.07, 6.45) is 0.962. The summed E-state index contributed by atoms with van der Waals surface area (Å²) in [6.45, 7) is 0.457. The predicted molar refractivity (Wildman–Crippen MR) is 77.9 cm³/mol. The number of nitrogens with one attached hydrogen (secondary N) is 1. The number of thiazole rings is 1. The third-order valence-corrected chi connectivity index (χ3v) is 4.84. The van der Waals surface area contributed by atoms with Crippen LogP contribution in [0.25, 0.3) is 10.2 Å². The summed E-state index contributed by atoms with van der Waals surface area (Å²) in [5.41, 5.74) is 6.45. The fourth-order valence-electron chi connectivity index (χ4n) is 1.59. The molecular weight excluding hydrogens is 300 g/mol. The minimum atomic E-state index is -3.81. The number of amides is 1. The van der Waals surface area contributed by atoms with Crippen LogP contribution in [0.2, 0.25) is 0 Å². The molecule has 1 aromatic heterocycles. The van der Waals surface area contributed by atoms with Crippen LogP contribution < -0.4 is 16.2 Å². The van der Waals surface area contributed by atoms with Crippen molar-refractivity contribution in [1.82, 2.24) is 4.98 Å². The van der Waals surface area contributed by atoms with Crippen LogP contribution in [0.1, 0.15) is 12.8 Å². The van der Waals surface area contributed by atoms with Gasteiger partial charge in [-0.25, -0.2) is 18.5 Å². The quantitative estimate of drug-likeness (QED) is 0.745. The molecule has 2 rings (SSSR count). The summed E-state index contributed by atoms with van der Waals surface area (Å²) in [5, 5.41) is 7.75. The van der Waals surface area contributed by atoms with Crippen LogP contribution in [0, 0.1) is 0 Å². The first-order valence-electron chi connectivity index (χ1n) is 5.83. The monoisotopic (exact) mass is 314 g/mol. The molecule has 1 amide bonds. The molecule has 0 aliphatic rings. The first-order chi connectivity index (χ1) is 9.40. The Hall–Kier alpha value is -1.55. The fraction of sp³-hybridized carbons (Fsp3) is 0.273. The molecule has 0 spiro atoms. The number of primary sulfonamides is 1. The number of anilines is 1. The molecule has 0 unspecified atom stereocenters. The zero-order valence-electron chi connectivity index (χ0n) is 10.5. The Kier molecular flexibility index (Phi) is 4.33. The summed E-state index contributed by atoms with van der Waals surface area (Å²) in [7, 11) is -3.81. The Labute approximate surface area is 120 Å². The molecule has 5 N–H and O–H groups in total. The van der Waals surface area contributed by atoms with Crippen LogP contribution in [0.5, 0.6) is 0 Å². The Morgan fingerprint density at radius 1 is 1.40 bits per heavy atom. The van der Waals surface area contributed by atoms with Gasteiger partial charge in [0.1, 0.15) is 0 Å². The lowest BCUT2D eigenvalue weighted by atomic mass is 10.2. The molecule has 0 saturated heterocycles. The molecule has 0 fully saturated rings. The molecular formula is C11H14N4O3S2. The average molecular weight is 314 g/mol. The van der Waals surface area contributed by atoms with Crippen LogP contribution in [-0.4, -0.2) is 25.9 Å². The normalized spacial score (nSPS) is 11.7. The molecule has 0 saturated carbocycles. The second kappa shape index (κ2) is 5.83. The van der Waals surface area contributed by atoms with E-state index in [1.807, 2.05) is 0 Å². The molecule has 0 aliphatic heterocycles. The Balaban J connectivity index is 2.23. The van der Waals surface area contributed by atoms with Gasteiger partial charge in [0, 0.05) is 12.1 Å². The fourth-order valence-corrected chi connectivity index (χ4v) is 3.28. The van der Waals surface area contributed by atoms with E-state index in [1.165, 1.54) is 0 Å². The molecule has 0 aliphatic carbocycles. The Bertz CT molecular complexity index is 739. The van der Waals surface area contributed by atoms with Gasteiger partial charge < -0.3 is 11.1 Å². The van der Waals surface area contributed by atoms with E-state index in [9.17, 15) is 13.2 Å². The van der Waals surface area contributed by atoms with E-state index in [1.54, 1.807) is 18.2 Å². The maximum atomic E-state index is 11.6. The van der Waals surface area contributed by atoms with Gasteiger partial charge in [-0.05, 0) is 31.2 Å². The molecule has 0 bridgehead atoms. The van der Waals surface area contributed by atoms with E-state index in [2.05, 4.69) is 10.3 Å². The molecule has 0 radical (unpaired) electrons. The number of aromatic nitrogens is 1. The lowest BCUT2D eigenvalue weighted by Gasteiger charge is -2.04. The second-order valence-corrected chi connectivity index (χ2v) is 6.91. The van der Waals surface area contributed by atoms with E-state index in [0.29, 0.717) is 35.3 Å². The maximum absolute atomic E-state index is 11.6. The zero-order chi connectivity index (χ0) is 14.8. The predicted octanol–water partition coefficient (Wildman–Crippen LogP) is 0.621. The first-order valence-corrected chi connectivity index (χ1v) is 8.20.